The number of anilines is 1. The van der Waals surface area contributed by atoms with E-state index in [1.165, 1.54) is 12.1 Å². The second kappa shape index (κ2) is 7.00. The van der Waals surface area contributed by atoms with E-state index in [4.69, 9.17) is 5.26 Å². The maximum Gasteiger partial charge on any atom is 0.270 e. The van der Waals surface area contributed by atoms with E-state index in [-0.39, 0.29) is 11.3 Å². The van der Waals surface area contributed by atoms with Gasteiger partial charge in [-0.15, -0.1) is 10.2 Å². The molecule has 1 N–H and O–H groups in total. The molecular weight excluding hydrogens is 272 g/mol. The van der Waals surface area contributed by atoms with Gasteiger partial charge in [-0.1, -0.05) is 0 Å². The summed E-state index contributed by atoms with van der Waals surface area (Å²) in [6, 6.07) is 6.20. The quantitative estimate of drug-likeness (QED) is 0.473. The van der Waals surface area contributed by atoms with Crippen molar-refractivity contribution in [2.45, 2.75) is 19.4 Å². The molecule has 0 fully saturated rings. The zero-order valence-electron chi connectivity index (χ0n) is 11.3. The highest BCUT2D eigenvalue weighted by Gasteiger charge is 2.10. The molecule has 0 saturated carbocycles. The number of non-ortho nitro benzene ring substituents is 1. The number of hydrogen-bond acceptors (Lipinski definition) is 6. The van der Waals surface area contributed by atoms with Gasteiger partial charge in [0.05, 0.1) is 16.2 Å². The van der Waals surface area contributed by atoms with Crippen LogP contribution >= 0.6 is 0 Å². The summed E-state index contributed by atoms with van der Waals surface area (Å²) >= 11 is 0. The van der Waals surface area contributed by atoms with E-state index in [0.29, 0.717) is 12.2 Å². The number of nitriles is 1. The van der Waals surface area contributed by atoms with Crippen LogP contribution in [0.3, 0.4) is 0 Å². The molecule has 0 aliphatic carbocycles. The fraction of sp³-hybridized carbons (Fsp3) is 0.308. The fourth-order valence-electron chi connectivity index (χ4n) is 1.87. The zero-order valence-corrected chi connectivity index (χ0v) is 11.3. The molecule has 21 heavy (non-hydrogen) atoms. The molecule has 0 amide bonds. The monoisotopic (exact) mass is 286 g/mol. The molecule has 0 saturated heterocycles. The maximum absolute atomic E-state index is 10.7. The lowest BCUT2D eigenvalue weighted by atomic mass is 10.1. The normalized spacial score (nSPS) is 10.0. The number of aromatic nitrogens is 3. The molecule has 2 rings (SSSR count). The summed E-state index contributed by atoms with van der Waals surface area (Å²) in [6.45, 7) is 1.52. The van der Waals surface area contributed by atoms with E-state index in [1.54, 1.807) is 18.7 Å². The van der Waals surface area contributed by atoms with Crippen molar-refractivity contribution < 1.29 is 4.92 Å². The van der Waals surface area contributed by atoms with Crippen LogP contribution in [0.5, 0.6) is 0 Å². The molecule has 0 atom stereocenters. The molecule has 0 aliphatic heterocycles. The third-order valence-electron chi connectivity index (χ3n) is 2.96. The minimum atomic E-state index is -0.510. The van der Waals surface area contributed by atoms with Crippen LogP contribution in [0.15, 0.2) is 30.9 Å². The van der Waals surface area contributed by atoms with Gasteiger partial charge in [0.2, 0.25) is 0 Å². The molecule has 0 radical (unpaired) electrons. The standard InChI is InChI=1S/C13H14N6O2/c14-8-11-7-12(19(20)21)3-4-13(11)15-5-1-2-6-18-9-16-17-10-18/h3-4,7,9-10,15H,1-2,5-6H2. The summed E-state index contributed by atoms with van der Waals surface area (Å²) in [5.74, 6) is 0. The van der Waals surface area contributed by atoms with Crippen LogP contribution in [0.25, 0.3) is 0 Å². The Morgan fingerprint density at radius 1 is 1.33 bits per heavy atom. The predicted octanol–water partition coefficient (Wildman–Crippen LogP) is 1.95. The average molecular weight is 286 g/mol. The van der Waals surface area contributed by atoms with Crippen LogP contribution in [0, 0.1) is 21.4 Å². The number of unbranched alkanes of at least 4 members (excludes halogenated alkanes) is 1. The van der Waals surface area contributed by atoms with Gasteiger partial charge in [0.15, 0.2) is 0 Å². The Morgan fingerprint density at radius 2 is 2.10 bits per heavy atom. The van der Waals surface area contributed by atoms with Crippen molar-refractivity contribution in [2.24, 2.45) is 0 Å². The Bertz CT molecular complexity index is 647. The molecule has 0 spiro atoms. The highest BCUT2D eigenvalue weighted by molar-refractivity contribution is 5.61. The van der Waals surface area contributed by atoms with Gasteiger partial charge < -0.3 is 9.88 Å². The number of benzene rings is 1. The van der Waals surface area contributed by atoms with Crippen LogP contribution < -0.4 is 5.32 Å². The highest BCUT2D eigenvalue weighted by atomic mass is 16.6. The van der Waals surface area contributed by atoms with Gasteiger partial charge >= 0.3 is 0 Å². The summed E-state index contributed by atoms with van der Waals surface area (Å²) < 4.78 is 1.90. The van der Waals surface area contributed by atoms with Crippen LogP contribution in [-0.4, -0.2) is 26.2 Å². The molecule has 8 heteroatoms. The predicted molar refractivity (Wildman–Crippen MR) is 75.6 cm³/mol. The lowest BCUT2D eigenvalue weighted by Crippen LogP contribution is -2.05. The molecule has 108 valence electrons. The fourth-order valence-corrected chi connectivity index (χ4v) is 1.87. The first kappa shape index (κ1) is 14.5. The summed E-state index contributed by atoms with van der Waals surface area (Å²) in [7, 11) is 0. The van der Waals surface area contributed by atoms with Crippen molar-refractivity contribution in [2.75, 3.05) is 11.9 Å². The van der Waals surface area contributed by atoms with Gasteiger partial charge in [-0.3, -0.25) is 10.1 Å². The number of hydrogen-bond donors (Lipinski definition) is 1. The molecule has 2 aromatic rings. The van der Waals surface area contributed by atoms with E-state index >= 15 is 0 Å². The maximum atomic E-state index is 10.7. The lowest BCUT2D eigenvalue weighted by Gasteiger charge is -2.08. The van der Waals surface area contributed by atoms with Crippen LogP contribution in [0.1, 0.15) is 18.4 Å². The molecule has 0 bridgehead atoms. The van der Waals surface area contributed by atoms with Gasteiger partial charge in [0.1, 0.15) is 18.7 Å². The van der Waals surface area contributed by atoms with Gasteiger partial charge in [-0.05, 0) is 18.9 Å². The molecule has 0 aliphatic rings. The van der Waals surface area contributed by atoms with Crippen LogP contribution in [0.2, 0.25) is 0 Å². The Hall–Kier alpha value is -2.95. The van der Waals surface area contributed by atoms with Gasteiger partial charge in [0, 0.05) is 25.2 Å². The summed E-state index contributed by atoms with van der Waals surface area (Å²) in [5.41, 5.74) is 0.820. The summed E-state index contributed by atoms with van der Waals surface area (Å²) in [5, 5.41) is 30.2. The van der Waals surface area contributed by atoms with Gasteiger partial charge in [-0.2, -0.15) is 5.26 Å². The van der Waals surface area contributed by atoms with E-state index in [1.807, 2.05) is 10.6 Å². The van der Waals surface area contributed by atoms with Crippen molar-refractivity contribution in [3.05, 3.63) is 46.5 Å². The first-order valence-corrected chi connectivity index (χ1v) is 6.45. The second-order valence-electron chi connectivity index (χ2n) is 4.43. The van der Waals surface area contributed by atoms with Crippen LogP contribution in [0.4, 0.5) is 11.4 Å². The van der Waals surface area contributed by atoms with Gasteiger partial charge in [-0.25, -0.2) is 0 Å². The average Bonchev–Trinajstić information content (AvgIpc) is 3.00. The van der Waals surface area contributed by atoms with Crippen molar-refractivity contribution in [1.82, 2.24) is 14.8 Å². The zero-order chi connectivity index (χ0) is 15.1. The molecule has 1 aromatic carbocycles. The molecule has 8 nitrogen and oxygen atoms in total. The topological polar surface area (TPSA) is 110 Å². The largest absolute Gasteiger partial charge is 0.384 e. The lowest BCUT2D eigenvalue weighted by molar-refractivity contribution is -0.384. The Morgan fingerprint density at radius 3 is 2.76 bits per heavy atom. The molecular formula is C13H14N6O2. The number of nitrogens with one attached hydrogen (secondary N) is 1. The smallest absolute Gasteiger partial charge is 0.270 e. The minimum Gasteiger partial charge on any atom is -0.384 e. The van der Waals surface area contributed by atoms with Crippen LogP contribution in [-0.2, 0) is 6.54 Å². The first-order valence-electron chi connectivity index (χ1n) is 6.45. The molecule has 0 unspecified atom stereocenters. The van der Waals surface area contributed by atoms with E-state index < -0.39 is 4.92 Å². The summed E-state index contributed by atoms with van der Waals surface area (Å²) in [4.78, 5) is 10.1. The van der Waals surface area contributed by atoms with Crippen molar-refractivity contribution in [1.29, 1.82) is 5.26 Å². The number of rotatable bonds is 7. The minimum absolute atomic E-state index is 0.0790. The third-order valence-corrected chi connectivity index (χ3v) is 2.96. The van der Waals surface area contributed by atoms with Crippen molar-refractivity contribution >= 4 is 11.4 Å². The Labute approximate surface area is 121 Å². The Kier molecular flexibility index (Phi) is 4.82. The summed E-state index contributed by atoms with van der Waals surface area (Å²) in [6.07, 6.45) is 5.18. The number of nitrogens with zero attached hydrogens (tertiary/aromatic N) is 5. The molecule has 1 aromatic heterocycles. The van der Waals surface area contributed by atoms with E-state index in [0.717, 1.165) is 19.4 Å². The number of nitro benzene ring substituents is 1. The van der Waals surface area contributed by atoms with Crippen molar-refractivity contribution in [3.8, 4) is 6.07 Å². The van der Waals surface area contributed by atoms with E-state index in [9.17, 15) is 10.1 Å². The second-order valence-corrected chi connectivity index (χ2v) is 4.43. The number of nitro groups is 1. The van der Waals surface area contributed by atoms with E-state index in [2.05, 4.69) is 15.5 Å². The molecule has 1 heterocycles. The highest BCUT2D eigenvalue weighted by Crippen LogP contribution is 2.21. The first-order chi connectivity index (χ1) is 10.2. The van der Waals surface area contributed by atoms with Crippen molar-refractivity contribution in [3.63, 3.8) is 0 Å². The Balaban J connectivity index is 1.83. The van der Waals surface area contributed by atoms with Gasteiger partial charge in [0.25, 0.3) is 5.69 Å². The third kappa shape index (κ3) is 4.01. The number of aryl methyl sites for hydroxylation is 1. The SMILES string of the molecule is N#Cc1cc([N+](=O)[O-])ccc1NCCCCn1cnnc1.